The summed E-state index contributed by atoms with van der Waals surface area (Å²) in [6.07, 6.45) is 1.22. The van der Waals surface area contributed by atoms with Crippen molar-refractivity contribution in [1.29, 1.82) is 0 Å². The fourth-order valence-corrected chi connectivity index (χ4v) is 2.94. The summed E-state index contributed by atoms with van der Waals surface area (Å²) in [5, 5.41) is 2.13. The molecule has 0 bridgehead atoms. The minimum Gasteiger partial charge on any atom is -0.148 e. The van der Waals surface area contributed by atoms with Crippen LogP contribution >= 0.6 is 27.3 Å². The van der Waals surface area contributed by atoms with E-state index >= 15 is 0 Å². The van der Waals surface area contributed by atoms with Crippen LogP contribution in [-0.4, -0.2) is 0 Å². The van der Waals surface area contributed by atoms with E-state index in [1.807, 2.05) is 11.3 Å². The van der Waals surface area contributed by atoms with E-state index in [0.29, 0.717) is 4.83 Å². The second-order valence-corrected chi connectivity index (χ2v) is 5.20. The smallest absolute Gasteiger partial charge is 0.0491 e. The van der Waals surface area contributed by atoms with Gasteiger partial charge in [0, 0.05) is 9.70 Å². The van der Waals surface area contributed by atoms with Crippen LogP contribution in [0.15, 0.2) is 17.5 Å². The molecule has 1 aromatic rings. The van der Waals surface area contributed by atoms with Crippen molar-refractivity contribution in [2.24, 2.45) is 5.92 Å². The normalized spacial score (nSPS) is 13.8. The van der Waals surface area contributed by atoms with E-state index in [1.54, 1.807) is 0 Å². The molecule has 0 saturated carbocycles. The summed E-state index contributed by atoms with van der Waals surface area (Å²) in [6.45, 7) is 4.50. The van der Waals surface area contributed by atoms with Gasteiger partial charge in [-0.25, -0.2) is 0 Å². The highest BCUT2D eigenvalue weighted by molar-refractivity contribution is 9.09. The summed E-state index contributed by atoms with van der Waals surface area (Å²) in [6, 6.07) is 4.29. The third-order valence-electron chi connectivity index (χ3n) is 1.53. The molecule has 1 aromatic heterocycles. The molecular weight excluding hydrogens is 220 g/mol. The molecule has 1 unspecified atom stereocenters. The van der Waals surface area contributed by atoms with E-state index in [2.05, 4.69) is 47.3 Å². The maximum atomic E-state index is 3.68. The van der Waals surface area contributed by atoms with E-state index in [9.17, 15) is 0 Å². The maximum absolute atomic E-state index is 3.68. The van der Waals surface area contributed by atoms with Crippen molar-refractivity contribution in [2.75, 3.05) is 0 Å². The van der Waals surface area contributed by atoms with Crippen LogP contribution in [0.4, 0.5) is 0 Å². The van der Waals surface area contributed by atoms with Gasteiger partial charge in [-0.1, -0.05) is 35.8 Å². The minimum atomic E-state index is 0.558. The number of thiophene rings is 1. The van der Waals surface area contributed by atoms with Crippen LogP contribution < -0.4 is 0 Å². The molecule has 1 atom stereocenters. The molecule has 0 radical (unpaired) electrons. The Bertz CT molecular complexity index is 191. The van der Waals surface area contributed by atoms with Gasteiger partial charge in [0.2, 0.25) is 0 Å². The number of alkyl halides is 1. The summed E-state index contributed by atoms with van der Waals surface area (Å²) in [5.41, 5.74) is 0. The van der Waals surface area contributed by atoms with Gasteiger partial charge in [-0.3, -0.25) is 0 Å². The number of halogens is 1. The molecule has 1 heterocycles. The van der Waals surface area contributed by atoms with Gasteiger partial charge in [0.05, 0.1) is 0 Å². The van der Waals surface area contributed by atoms with Crippen molar-refractivity contribution in [1.82, 2.24) is 0 Å². The van der Waals surface area contributed by atoms with Crippen LogP contribution in [0.1, 0.15) is 30.0 Å². The second kappa shape index (κ2) is 4.27. The lowest BCUT2D eigenvalue weighted by Crippen LogP contribution is -1.92. The monoisotopic (exact) mass is 232 g/mol. The van der Waals surface area contributed by atoms with Crippen molar-refractivity contribution >= 4 is 27.3 Å². The summed E-state index contributed by atoms with van der Waals surface area (Å²) >= 11 is 5.50. The fourth-order valence-electron chi connectivity index (χ4n) is 1.000. The Labute approximate surface area is 80.8 Å². The SMILES string of the molecule is CC(C)CC(Br)c1cccs1. The molecule has 62 valence electrons. The van der Waals surface area contributed by atoms with Gasteiger partial charge in [0.25, 0.3) is 0 Å². The Hall–Kier alpha value is 0.180. The van der Waals surface area contributed by atoms with E-state index in [1.165, 1.54) is 11.3 Å². The van der Waals surface area contributed by atoms with Crippen molar-refractivity contribution in [3.8, 4) is 0 Å². The molecule has 0 amide bonds. The molecule has 0 spiro atoms. The Morgan fingerprint density at radius 2 is 2.27 bits per heavy atom. The number of hydrogen-bond acceptors (Lipinski definition) is 1. The zero-order chi connectivity index (χ0) is 8.27. The van der Waals surface area contributed by atoms with Gasteiger partial charge in [0.1, 0.15) is 0 Å². The van der Waals surface area contributed by atoms with Crippen molar-refractivity contribution < 1.29 is 0 Å². The number of rotatable bonds is 3. The molecule has 0 aliphatic heterocycles. The second-order valence-electron chi connectivity index (χ2n) is 3.11. The number of hydrogen-bond donors (Lipinski definition) is 0. The summed E-state index contributed by atoms with van der Waals surface area (Å²) < 4.78 is 0. The highest BCUT2D eigenvalue weighted by Gasteiger charge is 2.09. The average Bonchev–Trinajstić information content (AvgIpc) is 2.35. The van der Waals surface area contributed by atoms with Crippen LogP contribution in [0.2, 0.25) is 0 Å². The first-order valence-electron chi connectivity index (χ1n) is 3.87. The van der Waals surface area contributed by atoms with Gasteiger partial charge in [-0.2, -0.15) is 0 Å². The maximum Gasteiger partial charge on any atom is 0.0491 e. The van der Waals surface area contributed by atoms with Crippen LogP contribution in [0.3, 0.4) is 0 Å². The third-order valence-corrected chi connectivity index (χ3v) is 3.69. The van der Waals surface area contributed by atoms with Gasteiger partial charge in [-0.05, 0) is 23.8 Å². The summed E-state index contributed by atoms with van der Waals surface area (Å²) in [5.74, 6) is 0.765. The van der Waals surface area contributed by atoms with Crippen molar-refractivity contribution in [2.45, 2.75) is 25.1 Å². The Morgan fingerprint density at radius 3 is 2.73 bits per heavy atom. The molecule has 11 heavy (non-hydrogen) atoms. The van der Waals surface area contributed by atoms with Crippen molar-refractivity contribution in [3.05, 3.63) is 22.4 Å². The van der Waals surface area contributed by atoms with Gasteiger partial charge < -0.3 is 0 Å². The first-order chi connectivity index (χ1) is 5.20. The van der Waals surface area contributed by atoms with E-state index in [0.717, 1.165) is 5.92 Å². The van der Waals surface area contributed by atoms with Crippen LogP contribution in [0.25, 0.3) is 0 Å². The molecule has 0 aliphatic rings. The van der Waals surface area contributed by atoms with E-state index in [4.69, 9.17) is 0 Å². The molecule has 0 aliphatic carbocycles. The predicted molar refractivity (Wildman–Crippen MR) is 55.4 cm³/mol. The molecule has 0 saturated heterocycles. The first-order valence-corrected chi connectivity index (χ1v) is 5.67. The zero-order valence-corrected chi connectivity index (χ0v) is 9.28. The molecule has 1 rings (SSSR count). The Kier molecular flexibility index (Phi) is 3.60. The topological polar surface area (TPSA) is 0 Å². The molecule has 0 N–H and O–H groups in total. The van der Waals surface area contributed by atoms with Crippen LogP contribution in [0, 0.1) is 5.92 Å². The fraction of sp³-hybridized carbons (Fsp3) is 0.556. The standard InChI is InChI=1S/C9H13BrS/c1-7(2)6-8(10)9-4-3-5-11-9/h3-5,7-8H,6H2,1-2H3. The summed E-state index contributed by atoms with van der Waals surface area (Å²) in [4.78, 5) is 2.00. The van der Waals surface area contributed by atoms with E-state index in [-0.39, 0.29) is 0 Å². The highest BCUT2D eigenvalue weighted by Crippen LogP contribution is 2.32. The zero-order valence-electron chi connectivity index (χ0n) is 6.88. The molecule has 0 aromatic carbocycles. The van der Waals surface area contributed by atoms with Gasteiger partial charge >= 0.3 is 0 Å². The highest BCUT2D eigenvalue weighted by atomic mass is 79.9. The average molecular weight is 233 g/mol. The lowest BCUT2D eigenvalue weighted by Gasteiger charge is -2.09. The molecule has 2 heteroatoms. The predicted octanol–water partition coefficient (Wildman–Crippen LogP) is 4.23. The van der Waals surface area contributed by atoms with E-state index < -0.39 is 0 Å². The van der Waals surface area contributed by atoms with Crippen LogP contribution in [-0.2, 0) is 0 Å². The largest absolute Gasteiger partial charge is 0.148 e. The first kappa shape index (κ1) is 9.27. The quantitative estimate of drug-likeness (QED) is 0.685. The van der Waals surface area contributed by atoms with Gasteiger partial charge in [-0.15, -0.1) is 11.3 Å². The van der Waals surface area contributed by atoms with Crippen molar-refractivity contribution in [3.63, 3.8) is 0 Å². The summed E-state index contributed by atoms with van der Waals surface area (Å²) in [7, 11) is 0. The van der Waals surface area contributed by atoms with Gasteiger partial charge in [0.15, 0.2) is 0 Å². The Balaban J connectivity index is 2.49. The minimum absolute atomic E-state index is 0.558. The molecule has 0 fully saturated rings. The van der Waals surface area contributed by atoms with Crippen LogP contribution in [0.5, 0.6) is 0 Å². The lowest BCUT2D eigenvalue weighted by molar-refractivity contribution is 0.587. The third kappa shape index (κ3) is 2.96. The Morgan fingerprint density at radius 1 is 1.55 bits per heavy atom. The molecular formula is C9H13BrS. The molecule has 0 nitrogen and oxygen atoms in total. The lowest BCUT2D eigenvalue weighted by atomic mass is 10.1.